The van der Waals surface area contributed by atoms with Crippen LogP contribution in [0.3, 0.4) is 0 Å². The molecule has 0 spiro atoms. The van der Waals surface area contributed by atoms with Crippen LogP contribution in [-0.4, -0.2) is 37.6 Å². The zero-order valence-corrected chi connectivity index (χ0v) is 11.0. The van der Waals surface area contributed by atoms with E-state index in [4.69, 9.17) is 0 Å². The highest BCUT2D eigenvalue weighted by Gasteiger charge is 2.16. The van der Waals surface area contributed by atoms with Gasteiger partial charge in [0.15, 0.2) is 0 Å². The zero-order valence-electron chi connectivity index (χ0n) is 11.0. The number of hydrogen-bond acceptors (Lipinski definition) is 2. The van der Waals surface area contributed by atoms with Crippen molar-refractivity contribution in [3.8, 4) is 0 Å². The van der Waals surface area contributed by atoms with Crippen LogP contribution in [0.1, 0.15) is 25.3 Å². The van der Waals surface area contributed by atoms with Gasteiger partial charge in [-0.05, 0) is 23.9 Å². The van der Waals surface area contributed by atoms with Crippen molar-refractivity contribution in [1.29, 1.82) is 0 Å². The molecule has 1 fully saturated rings. The third-order valence-corrected chi connectivity index (χ3v) is 3.57. The molecule has 2 nitrogen and oxygen atoms in total. The highest BCUT2D eigenvalue weighted by Crippen LogP contribution is 2.17. The Bertz CT molecular complexity index is 323. The second-order valence-electron chi connectivity index (χ2n) is 5.38. The van der Waals surface area contributed by atoms with E-state index in [2.05, 4.69) is 54.4 Å². The lowest BCUT2D eigenvalue weighted by Crippen LogP contribution is -2.32. The van der Waals surface area contributed by atoms with Crippen molar-refractivity contribution >= 4 is 0 Å². The first-order valence-corrected chi connectivity index (χ1v) is 6.73. The molecule has 1 heterocycles. The summed E-state index contributed by atoms with van der Waals surface area (Å²) < 4.78 is 0. The number of nitrogens with zero attached hydrogens (tertiary/aromatic N) is 1. The Kier molecular flexibility index (Phi) is 4.57. The molecule has 2 rings (SSSR count). The van der Waals surface area contributed by atoms with Crippen LogP contribution in [0.4, 0.5) is 0 Å². The van der Waals surface area contributed by atoms with Crippen LogP contribution in [0.25, 0.3) is 0 Å². The summed E-state index contributed by atoms with van der Waals surface area (Å²) in [6.07, 6.45) is 0. The molecule has 2 heteroatoms. The van der Waals surface area contributed by atoms with Gasteiger partial charge in [-0.25, -0.2) is 0 Å². The van der Waals surface area contributed by atoms with Gasteiger partial charge in [-0.2, -0.15) is 0 Å². The van der Waals surface area contributed by atoms with Gasteiger partial charge in [0, 0.05) is 26.2 Å². The third kappa shape index (κ3) is 3.83. The molecule has 0 amide bonds. The Balaban J connectivity index is 1.91. The van der Waals surface area contributed by atoms with Crippen molar-refractivity contribution in [2.75, 3.05) is 32.7 Å². The molecule has 1 N–H and O–H groups in total. The first-order chi connectivity index (χ1) is 8.25. The molecule has 0 bridgehead atoms. The van der Waals surface area contributed by atoms with Crippen LogP contribution < -0.4 is 5.32 Å². The molecule has 1 aliphatic heterocycles. The highest BCUT2D eigenvalue weighted by atomic mass is 15.2. The van der Waals surface area contributed by atoms with Gasteiger partial charge in [0.1, 0.15) is 0 Å². The Hall–Kier alpha value is -0.860. The summed E-state index contributed by atoms with van der Waals surface area (Å²) in [5.41, 5.74) is 1.46. The van der Waals surface area contributed by atoms with Crippen LogP contribution in [0.5, 0.6) is 0 Å². The largest absolute Gasteiger partial charge is 0.315 e. The van der Waals surface area contributed by atoms with Crippen molar-refractivity contribution in [2.24, 2.45) is 5.92 Å². The van der Waals surface area contributed by atoms with Crippen molar-refractivity contribution < 1.29 is 0 Å². The van der Waals surface area contributed by atoms with Gasteiger partial charge in [0.2, 0.25) is 0 Å². The second-order valence-corrected chi connectivity index (χ2v) is 5.38. The minimum absolute atomic E-state index is 0.626. The quantitative estimate of drug-likeness (QED) is 0.860. The molecule has 0 saturated carbocycles. The molecule has 1 saturated heterocycles. The first kappa shape index (κ1) is 12.6. The summed E-state index contributed by atoms with van der Waals surface area (Å²) in [6.45, 7) is 10.5. The fourth-order valence-corrected chi connectivity index (χ4v) is 2.62. The van der Waals surface area contributed by atoms with Gasteiger partial charge in [0.05, 0.1) is 0 Å². The topological polar surface area (TPSA) is 15.3 Å². The van der Waals surface area contributed by atoms with Crippen molar-refractivity contribution in [1.82, 2.24) is 10.2 Å². The lowest BCUT2D eigenvalue weighted by Gasteiger charge is -2.25. The van der Waals surface area contributed by atoms with E-state index in [1.807, 2.05) is 0 Å². The van der Waals surface area contributed by atoms with Crippen LogP contribution in [0.2, 0.25) is 0 Å². The molecule has 2 unspecified atom stereocenters. The summed E-state index contributed by atoms with van der Waals surface area (Å²) >= 11 is 0. The van der Waals surface area contributed by atoms with E-state index >= 15 is 0 Å². The van der Waals surface area contributed by atoms with Gasteiger partial charge in [-0.3, -0.25) is 0 Å². The minimum atomic E-state index is 0.626. The summed E-state index contributed by atoms with van der Waals surface area (Å²) in [4.78, 5) is 2.60. The van der Waals surface area contributed by atoms with Gasteiger partial charge in [-0.1, -0.05) is 44.2 Å². The average molecular weight is 232 g/mol. The van der Waals surface area contributed by atoms with E-state index in [-0.39, 0.29) is 0 Å². The van der Waals surface area contributed by atoms with E-state index in [0.717, 1.165) is 19.0 Å². The smallest absolute Gasteiger partial charge is 0.0107 e. The molecule has 1 aromatic rings. The SMILES string of the molecule is CC1CNCCN(CC(C)c2ccccc2)C1. The van der Waals surface area contributed by atoms with Gasteiger partial charge < -0.3 is 10.2 Å². The molecule has 17 heavy (non-hydrogen) atoms. The number of hydrogen-bond donors (Lipinski definition) is 1. The van der Waals surface area contributed by atoms with E-state index in [0.29, 0.717) is 5.92 Å². The maximum atomic E-state index is 3.50. The van der Waals surface area contributed by atoms with Gasteiger partial charge in [-0.15, -0.1) is 0 Å². The molecule has 1 aromatic carbocycles. The Morgan fingerprint density at radius 3 is 2.88 bits per heavy atom. The first-order valence-electron chi connectivity index (χ1n) is 6.73. The van der Waals surface area contributed by atoms with E-state index in [9.17, 15) is 0 Å². The predicted octanol–water partition coefficient (Wildman–Crippen LogP) is 2.33. The maximum absolute atomic E-state index is 3.50. The number of rotatable bonds is 3. The zero-order chi connectivity index (χ0) is 12.1. The van der Waals surface area contributed by atoms with E-state index in [1.165, 1.54) is 25.2 Å². The molecule has 0 aliphatic carbocycles. The average Bonchev–Trinajstić information content (AvgIpc) is 2.55. The van der Waals surface area contributed by atoms with E-state index < -0.39 is 0 Å². The summed E-state index contributed by atoms with van der Waals surface area (Å²) in [5, 5.41) is 3.50. The highest BCUT2D eigenvalue weighted by molar-refractivity contribution is 5.19. The number of benzene rings is 1. The monoisotopic (exact) mass is 232 g/mol. The second kappa shape index (κ2) is 6.18. The van der Waals surface area contributed by atoms with E-state index in [1.54, 1.807) is 0 Å². The summed E-state index contributed by atoms with van der Waals surface area (Å²) in [7, 11) is 0. The fraction of sp³-hybridized carbons (Fsp3) is 0.600. The maximum Gasteiger partial charge on any atom is 0.0107 e. The van der Waals surface area contributed by atoms with Crippen LogP contribution in [-0.2, 0) is 0 Å². The van der Waals surface area contributed by atoms with Gasteiger partial charge >= 0.3 is 0 Å². The number of nitrogens with one attached hydrogen (secondary N) is 1. The predicted molar refractivity (Wildman–Crippen MR) is 73.3 cm³/mol. The molecule has 0 aromatic heterocycles. The summed E-state index contributed by atoms with van der Waals surface area (Å²) in [6, 6.07) is 10.8. The Morgan fingerprint density at radius 1 is 1.35 bits per heavy atom. The lowest BCUT2D eigenvalue weighted by molar-refractivity contribution is 0.252. The van der Waals surface area contributed by atoms with Gasteiger partial charge in [0.25, 0.3) is 0 Å². The van der Waals surface area contributed by atoms with Crippen LogP contribution in [0.15, 0.2) is 30.3 Å². The van der Waals surface area contributed by atoms with Crippen molar-refractivity contribution in [3.63, 3.8) is 0 Å². The fourth-order valence-electron chi connectivity index (χ4n) is 2.62. The Morgan fingerprint density at radius 2 is 2.12 bits per heavy atom. The molecule has 2 atom stereocenters. The lowest BCUT2D eigenvalue weighted by atomic mass is 10.0. The standard InChI is InChI=1S/C15H24N2/c1-13-10-16-8-9-17(11-13)12-14(2)15-6-4-3-5-7-15/h3-7,13-14,16H,8-12H2,1-2H3. The Labute approximate surface area is 105 Å². The summed E-state index contributed by atoms with van der Waals surface area (Å²) in [5.74, 6) is 1.39. The third-order valence-electron chi connectivity index (χ3n) is 3.57. The molecule has 0 radical (unpaired) electrons. The molecular formula is C15H24N2. The van der Waals surface area contributed by atoms with Crippen molar-refractivity contribution in [3.05, 3.63) is 35.9 Å². The van der Waals surface area contributed by atoms with Crippen LogP contribution in [0, 0.1) is 5.92 Å². The van der Waals surface area contributed by atoms with Crippen molar-refractivity contribution in [2.45, 2.75) is 19.8 Å². The molecule has 94 valence electrons. The minimum Gasteiger partial charge on any atom is -0.315 e. The molecular weight excluding hydrogens is 208 g/mol. The normalized spacial score (nSPS) is 24.2. The van der Waals surface area contributed by atoms with Crippen LogP contribution >= 0.6 is 0 Å². The molecule has 1 aliphatic rings.